The number of aliphatic imine (C=N–C) groups is 1. The molecule has 1 aliphatic heterocycles. The van der Waals surface area contributed by atoms with E-state index < -0.39 is 6.17 Å². The van der Waals surface area contributed by atoms with Crippen LogP contribution in [0.15, 0.2) is 172 Å². The monoisotopic (exact) mass is 670 g/mol. The number of pyridine rings is 1. The second kappa shape index (κ2) is 11.4. The van der Waals surface area contributed by atoms with E-state index in [2.05, 4.69) is 131 Å². The third-order valence-electron chi connectivity index (χ3n) is 10.4. The molecular weight excluding hydrogens is 641 g/mol. The van der Waals surface area contributed by atoms with Crippen molar-refractivity contribution in [3.63, 3.8) is 0 Å². The highest BCUT2D eigenvalue weighted by atomic mass is 16.3. The van der Waals surface area contributed by atoms with Gasteiger partial charge in [-0.3, -0.25) is 10.3 Å². The van der Waals surface area contributed by atoms with Crippen molar-refractivity contribution in [2.24, 2.45) is 4.99 Å². The smallest absolute Gasteiger partial charge is 0.136 e. The fraction of sp³-hybridized carbons (Fsp3) is 0.0435. The van der Waals surface area contributed by atoms with E-state index in [-0.39, 0.29) is 6.17 Å². The number of hydrogen-bond acceptors (Lipinski definition) is 6. The van der Waals surface area contributed by atoms with Crippen LogP contribution in [0.25, 0.3) is 76.5 Å². The van der Waals surface area contributed by atoms with Crippen LogP contribution in [-0.2, 0) is 0 Å². The zero-order chi connectivity index (χ0) is 34.2. The highest BCUT2D eigenvalue weighted by Crippen LogP contribution is 2.44. The minimum absolute atomic E-state index is 0.272. The van der Waals surface area contributed by atoms with Crippen LogP contribution in [0.1, 0.15) is 29.0 Å². The SMILES string of the molecule is c1ccc(C2=NC(c3ccc4ccccc4c3-c3cccc4oc5cc6ccncc6cc5c34)NC(c3cccc4oc5ccccc5c34)N2)cc1. The molecule has 10 aromatic rings. The Balaban J connectivity index is 1.16. The first-order valence-corrected chi connectivity index (χ1v) is 17.5. The van der Waals surface area contributed by atoms with Crippen LogP contribution < -0.4 is 10.6 Å². The molecule has 11 rings (SSSR count). The molecule has 246 valence electrons. The molecule has 52 heavy (non-hydrogen) atoms. The van der Waals surface area contributed by atoms with Gasteiger partial charge in [-0.2, -0.15) is 0 Å². The molecule has 6 nitrogen and oxygen atoms in total. The van der Waals surface area contributed by atoms with Crippen LogP contribution in [0.2, 0.25) is 0 Å². The first kappa shape index (κ1) is 29.0. The molecule has 1 aliphatic rings. The van der Waals surface area contributed by atoms with E-state index in [4.69, 9.17) is 13.8 Å². The van der Waals surface area contributed by atoms with Crippen molar-refractivity contribution in [3.05, 3.63) is 175 Å². The quantitative estimate of drug-likeness (QED) is 0.195. The van der Waals surface area contributed by atoms with E-state index in [1.807, 2.05) is 42.7 Å². The fourth-order valence-electron chi connectivity index (χ4n) is 8.10. The molecule has 0 saturated heterocycles. The molecular formula is C46H30N4O2. The Morgan fingerprint density at radius 1 is 0.519 bits per heavy atom. The van der Waals surface area contributed by atoms with Crippen molar-refractivity contribution < 1.29 is 8.83 Å². The van der Waals surface area contributed by atoms with Gasteiger partial charge >= 0.3 is 0 Å². The van der Waals surface area contributed by atoms with Crippen molar-refractivity contribution in [1.29, 1.82) is 0 Å². The Kier molecular flexibility index (Phi) is 6.35. The molecule has 0 spiro atoms. The molecule has 6 heteroatoms. The number of hydrogen-bond donors (Lipinski definition) is 2. The average Bonchev–Trinajstić information content (AvgIpc) is 3.78. The van der Waals surface area contributed by atoms with Gasteiger partial charge in [0.15, 0.2) is 0 Å². The van der Waals surface area contributed by atoms with Crippen LogP contribution in [0.5, 0.6) is 0 Å². The number of amidine groups is 1. The molecule has 2 N–H and O–H groups in total. The lowest BCUT2D eigenvalue weighted by atomic mass is 9.89. The zero-order valence-electron chi connectivity index (χ0n) is 27.9. The summed E-state index contributed by atoms with van der Waals surface area (Å²) < 4.78 is 12.9. The number of rotatable bonds is 4. The minimum atomic E-state index is -0.395. The minimum Gasteiger partial charge on any atom is -0.456 e. The van der Waals surface area contributed by atoms with Gasteiger partial charge in [-0.25, -0.2) is 4.99 Å². The van der Waals surface area contributed by atoms with E-state index in [0.29, 0.717) is 0 Å². The maximum Gasteiger partial charge on any atom is 0.136 e. The fourth-order valence-corrected chi connectivity index (χ4v) is 8.10. The third kappa shape index (κ3) is 4.48. The summed E-state index contributed by atoms with van der Waals surface area (Å²) in [5.74, 6) is 0.823. The van der Waals surface area contributed by atoms with Crippen LogP contribution in [0.3, 0.4) is 0 Å². The first-order valence-electron chi connectivity index (χ1n) is 17.5. The Morgan fingerprint density at radius 3 is 2.21 bits per heavy atom. The second-order valence-corrected chi connectivity index (χ2v) is 13.4. The van der Waals surface area contributed by atoms with E-state index in [9.17, 15) is 0 Å². The van der Waals surface area contributed by atoms with Gasteiger partial charge in [0, 0.05) is 50.5 Å². The third-order valence-corrected chi connectivity index (χ3v) is 10.4. The lowest BCUT2D eigenvalue weighted by Crippen LogP contribution is -2.45. The van der Waals surface area contributed by atoms with Crippen LogP contribution in [0, 0.1) is 0 Å². The normalized spacial score (nSPS) is 16.3. The number of nitrogens with one attached hydrogen (secondary N) is 2. The van der Waals surface area contributed by atoms with Gasteiger partial charge in [0.05, 0.1) is 0 Å². The summed E-state index contributed by atoms with van der Waals surface area (Å²) in [6, 6.07) is 50.7. The molecule has 7 aromatic carbocycles. The number of nitrogens with zero attached hydrogens (tertiary/aromatic N) is 2. The largest absolute Gasteiger partial charge is 0.456 e. The number of para-hydroxylation sites is 1. The Morgan fingerprint density at radius 2 is 1.29 bits per heavy atom. The van der Waals surface area contributed by atoms with E-state index in [1.165, 1.54) is 0 Å². The van der Waals surface area contributed by atoms with Crippen LogP contribution >= 0.6 is 0 Å². The summed E-state index contributed by atoms with van der Waals surface area (Å²) in [4.78, 5) is 9.84. The number of aromatic nitrogens is 1. The summed E-state index contributed by atoms with van der Waals surface area (Å²) in [5, 5.41) is 16.5. The van der Waals surface area contributed by atoms with Gasteiger partial charge in [-0.05, 0) is 69.2 Å². The van der Waals surface area contributed by atoms with Gasteiger partial charge in [0.1, 0.15) is 40.5 Å². The lowest BCUT2D eigenvalue weighted by Gasteiger charge is -2.33. The molecule has 0 fully saturated rings. The Labute approximate surface area is 298 Å². The maximum absolute atomic E-state index is 6.56. The van der Waals surface area contributed by atoms with Crippen molar-refractivity contribution >= 4 is 71.3 Å². The zero-order valence-corrected chi connectivity index (χ0v) is 27.9. The van der Waals surface area contributed by atoms with E-state index in [1.54, 1.807) is 0 Å². The van der Waals surface area contributed by atoms with Gasteiger partial charge in [-0.15, -0.1) is 0 Å². The number of furan rings is 2. The lowest BCUT2D eigenvalue weighted by molar-refractivity contribution is 0.411. The maximum atomic E-state index is 6.56. The number of fused-ring (bicyclic) bond motifs is 8. The van der Waals surface area contributed by atoms with Gasteiger partial charge < -0.3 is 14.2 Å². The second-order valence-electron chi connectivity index (χ2n) is 13.4. The van der Waals surface area contributed by atoms with Crippen LogP contribution in [0.4, 0.5) is 0 Å². The topological polar surface area (TPSA) is 75.6 Å². The Hall–Kier alpha value is -6.76. The first-order chi connectivity index (χ1) is 25.8. The van der Waals surface area contributed by atoms with E-state index >= 15 is 0 Å². The molecule has 0 radical (unpaired) electrons. The predicted molar refractivity (Wildman–Crippen MR) is 210 cm³/mol. The van der Waals surface area contributed by atoms with Crippen molar-refractivity contribution in [1.82, 2.24) is 15.6 Å². The predicted octanol–water partition coefficient (Wildman–Crippen LogP) is 11.2. The average molecular weight is 671 g/mol. The summed E-state index contributed by atoms with van der Waals surface area (Å²) in [6.07, 6.45) is 3.07. The van der Waals surface area contributed by atoms with Crippen LogP contribution in [-0.4, -0.2) is 10.8 Å². The van der Waals surface area contributed by atoms with Gasteiger partial charge in [-0.1, -0.05) is 109 Å². The van der Waals surface area contributed by atoms with Crippen molar-refractivity contribution in [2.75, 3.05) is 0 Å². The summed E-state index contributed by atoms with van der Waals surface area (Å²) in [5.41, 5.74) is 8.85. The molecule has 3 aromatic heterocycles. The standard InChI is InChI=1S/C46H30N4O2/c1-2-11-28(12-3-1)44-48-45(34-16-9-19-38-42(34)32-14-6-7-17-37(32)51-38)50-46(49-44)35-21-20-27-10-4-5-13-31(27)41(35)33-15-8-18-39-43(33)36-24-30-26-47-23-22-29(30)25-40(36)52-39/h1-26,45-46,50H,(H,48,49). The number of benzene rings is 7. The summed E-state index contributed by atoms with van der Waals surface area (Å²) in [6.45, 7) is 0. The summed E-state index contributed by atoms with van der Waals surface area (Å²) in [7, 11) is 0. The molecule has 0 bridgehead atoms. The highest BCUT2D eigenvalue weighted by Gasteiger charge is 2.30. The van der Waals surface area contributed by atoms with Crippen molar-refractivity contribution in [3.8, 4) is 11.1 Å². The van der Waals surface area contributed by atoms with Crippen molar-refractivity contribution in [2.45, 2.75) is 12.3 Å². The van der Waals surface area contributed by atoms with E-state index in [0.717, 1.165) is 99.1 Å². The molecule has 2 unspecified atom stereocenters. The highest BCUT2D eigenvalue weighted by molar-refractivity contribution is 6.18. The van der Waals surface area contributed by atoms with Gasteiger partial charge in [0.2, 0.25) is 0 Å². The molecule has 2 atom stereocenters. The molecule has 0 amide bonds. The molecule has 0 aliphatic carbocycles. The summed E-state index contributed by atoms with van der Waals surface area (Å²) >= 11 is 0. The van der Waals surface area contributed by atoms with Gasteiger partial charge in [0.25, 0.3) is 0 Å². The molecule has 0 saturated carbocycles. The Bertz CT molecular complexity index is 3050. The molecule has 4 heterocycles.